The van der Waals surface area contributed by atoms with Crippen LogP contribution >= 0.6 is 15.9 Å². The van der Waals surface area contributed by atoms with Gasteiger partial charge in [-0.25, -0.2) is 4.39 Å². The summed E-state index contributed by atoms with van der Waals surface area (Å²) in [6.45, 7) is 7.53. The van der Waals surface area contributed by atoms with Crippen LogP contribution in [0.15, 0.2) is 22.7 Å². The number of carbonyl (C=O) groups is 1. The van der Waals surface area contributed by atoms with Gasteiger partial charge < -0.3 is 4.90 Å². The van der Waals surface area contributed by atoms with Crippen molar-refractivity contribution in [3.8, 4) is 0 Å². The molecule has 1 aliphatic carbocycles. The standard InChI is InChI=1S/C17H21BrFNO/c1-16(2)7-11-8-17(3,9-16)10-20(11)15(21)14-12(18)5-4-6-13(14)19/h4-6,11H,7-10H2,1-3H3. The molecule has 1 amide bonds. The summed E-state index contributed by atoms with van der Waals surface area (Å²) in [7, 11) is 0. The van der Waals surface area contributed by atoms with E-state index >= 15 is 0 Å². The normalized spacial score (nSPS) is 30.5. The predicted molar refractivity (Wildman–Crippen MR) is 84.7 cm³/mol. The highest BCUT2D eigenvalue weighted by atomic mass is 79.9. The van der Waals surface area contributed by atoms with E-state index in [4.69, 9.17) is 0 Å². The Morgan fingerprint density at radius 1 is 1.33 bits per heavy atom. The largest absolute Gasteiger partial charge is 0.335 e. The summed E-state index contributed by atoms with van der Waals surface area (Å²) in [6, 6.07) is 4.93. The van der Waals surface area contributed by atoms with Crippen LogP contribution in [0.2, 0.25) is 0 Å². The van der Waals surface area contributed by atoms with Gasteiger partial charge in [0.15, 0.2) is 0 Å². The van der Waals surface area contributed by atoms with Crippen molar-refractivity contribution in [2.75, 3.05) is 6.54 Å². The molecule has 1 aromatic rings. The molecule has 0 spiro atoms. The quantitative estimate of drug-likeness (QED) is 0.720. The SMILES string of the molecule is CC1(C)CC2CC(C)(CN2C(=O)c2c(F)cccc2Br)C1. The molecule has 1 saturated carbocycles. The van der Waals surface area contributed by atoms with Gasteiger partial charge in [-0.1, -0.05) is 26.8 Å². The van der Waals surface area contributed by atoms with Gasteiger partial charge in [0, 0.05) is 17.1 Å². The Bertz CT molecular complexity index is 580. The number of likely N-dealkylation sites (tertiary alicyclic amines) is 1. The molecule has 0 N–H and O–H groups in total. The third-order valence-corrected chi connectivity index (χ3v) is 5.51. The monoisotopic (exact) mass is 353 g/mol. The smallest absolute Gasteiger partial charge is 0.258 e. The van der Waals surface area contributed by atoms with Crippen molar-refractivity contribution in [3.63, 3.8) is 0 Å². The van der Waals surface area contributed by atoms with Crippen LogP contribution in [0.3, 0.4) is 0 Å². The van der Waals surface area contributed by atoms with Crippen molar-refractivity contribution < 1.29 is 9.18 Å². The number of halogens is 2. The van der Waals surface area contributed by atoms with Gasteiger partial charge >= 0.3 is 0 Å². The van der Waals surface area contributed by atoms with Crippen LogP contribution in [0.5, 0.6) is 0 Å². The van der Waals surface area contributed by atoms with E-state index in [1.165, 1.54) is 6.07 Å². The Kier molecular flexibility index (Phi) is 3.43. The second-order valence-electron chi connectivity index (χ2n) is 7.74. The number of fused-ring (bicyclic) bond motifs is 2. The molecule has 2 nitrogen and oxygen atoms in total. The van der Waals surface area contributed by atoms with E-state index in [9.17, 15) is 9.18 Å². The Balaban J connectivity index is 1.94. The van der Waals surface area contributed by atoms with E-state index in [1.54, 1.807) is 12.1 Å². The fourth-order valence-electron chi connectivity index (χ4n) is 4.54. The minimum Gasteiger partial charge on any atom is -0.335 e. The van der Waals surface area contributed by atoms with Gasteiger partial charge in [0.2, 0.25) is 0 Å². The molecule has 1 saturated heterocycles. The molecule has 1 heterocycles. The average Bonchev–Trinajstić information content (AvgIpc) is 2.58. The van der Waals surface area contributed by atoms with Crippen LogP contribution in [0.4, 0.5) is 4.39 Å². The van der Waals surface area contributed by atoms with Gasteiger partial charge in [-0.3, -0.25) is 4.79 Å². The summed E-state index contributed by atoms with van der Waals surface area (Å²) in [5, 5.41) is 0. The van der Waals surface area contributed by atoms with Crippen molar-refractivity contribution in [1.82, 2.24) is 4.90 Å². The van der Waals surface area contributed by atoms with E-state index in [0.29, 0.717) is 4.47 Å². The fourth-order valence-corrected chi connectivity index (χ4v) is 5.05. The summed E-state index contributed by atoms with van der Waals surface area (Å²) in [6.07, 6.45) is 3.16. The molecule has 2 bridgehead atoms. The summed E-state index contributed by atoms with van der Waals surface area (Å²) >= 11 is 3.32. The first kappa shape index (κ1) is 15.0. The predicted octanol–water partition coefficient (Wildman–Crippen LogP) is 4.63. The zero-order chi connectivity index (χ0) is 15.4. The van der Waals surface area contributed by atoms with Gasteiger partial charge in [-0.15, -0.1) is 0 Å². The molecule has 2 atom stereocenters. The second-order valence-corrected chi connectivity index (χ2v) is 8.60. The van der Waals surface area contributed by atoms with Crippen LogP contribution in [0.1, 0.15) is 50.4 Å². The van der Waals surface area contributed by atoms with Crippen LogP contribution in [0, 0.1) is 16.6 Å². The molecular weight excluding hydrogens is 333 g/mol. The fraction of sp³-hybridized carbons (Fsp3) is 0.588. The van der Waals surface area contributed by atoms with Gasteiger partial charge in [0.1, 0.15) is 5.82 Å². The number of hydrogen-bond acceptors (Lipinski definition) is 1. The summed E-state index contributed by atoms with van der Waals surface area (Å²) in [5.41, 5.74) is 0.588. The number of amides is 1. The van der Waals surface area contributed by atoms with Gasteiger partial charge in [0.05, 0.1) is 5.56 Å². The molecule has 114 valence electrons. The number of rotatable bonds is 1. The van der Waals surface area contributed by atoms with E-state index in [-0.39, 0.29) is 28.3 Å². The summed E-state index contributed by atoms with van der Waals surface area (Å²) < 4.78 is 14.6. The molecule has 1 aromatic carbocycles. The Hall–Kier alpha value is -0.900. The first-order chi connectivity index (χ1) is 9.71. The van der Waals surface area contributed by atoms with Crippen molar-refractivity contribution in [3.05, 3.63) is 34.1 Å². The van der Waals surface area contributed by atoms with E-state index in [0.717, 1.165) is 25.8 Å². The molecular formula is C17H21BrFNO. The zero-order valence-corrected chi connectivity index (χ0v) is 14.3. The van der Waals surface area contributed by atoms with Gasteiger partial charge in [-0.05, 0) is 58.2 Å². The number of carbonyl (C=O) groups excluding carboxylic acids is 1. The molecule has 4 heteroatoms. The van der Waals surface area contributed by atoms with E-state index in [1.807, 2.05) is 4.90 Å². The maximum Gasteiger partial charge on any atom is 0.258 e. The molecule has 2 fully saturated rings. The molecule has 0 aromatic heterocycles. The Morgan fingerprint density at radius 3 is 2.71 bits per heavy atom. The first-order valence-electron chi connectivity index (χ1n) is 7.46. The first-order valence-corrected chi connectivity index (χ1v) is 8.25. The molecule has 1 aliphatic heterocycles. The maximum atomic E-state index is 14.1. The molecule has 2 aliphatic rings. The highest BCUT2D eigenvalue weighted by Crippen LogP contribution is 2.52. The lowest BCUT2D eigenvalue weighted by atomic mass is 9.65. The van der Waals surface area contributed by atoms with Crippen LogP contribution in [-0.4, -0.2) is 23.4 Å². The van der Waals surface area contributed by atoms with E-state index in [2.05, 4.69) is 36.7 Å². The third-order valence-electron chi connectivity index (χ3n) is 4.85. The lowest BCUT2D eigenvalue weighted by Crippen LogP contribution is -2.38. The molecule has 21 heavy (non-hydrogen) atoms. The summed E-state index contributed by atoms with van der Waals surface area (Å²) in [5.74, 6) is -0.619. The Labute approximate surface area is 133 Å². The van der Waals surface area contributed by atoms with Crippen LogP contribution in [0.25, 0.3) is 0 Å². The highest BCUT2D eigenvalue weighted by molar-refractivity contribution is 9.10. The Morgan fingerprint density at radius 2 is 2.05 bits per heavy atom. The number of nitrogens with zero attached hydrogens (tertiary/aromatic N) is 1. The molecule has 0 radical (unpaired) electrons. The number of hydrogen-bond donors (Lipinski definition) is 0. The topological polar surface area (TPSA) is 20.3 Å². The van der Waals surface area contributed by atoms with Crippen molar-refractivity contribution in [1.29, 1.82) is 0 Å². The minimum atomic E-state index is -0.444. The lowest BCUT2D eigenvalue weighted by Gasteiger charge is -2.39. The second kappa shape index (κ2) is 4.80. The molecule has 2 unspecified atom stereocenters. The van der Waals surface area contributed by atoms with Gasteiger partial charge in [0.25, 0.3) is 5.91 Å². The van der Waals surface area contributed by atoms with Gasteiger partial charge in [-0.2, -0.15) is 0 Å². The highest BCUT2D eigenvalue weighted by Gasteiger charge is 2.51. The van der Waals surface area contributed by atoms with Crippen LogP contribution < -0.4 is 0 Å². The van der Waals surface area contributed by atoms with Crippen molar-refractivity contribution in [2.45, 2.75) is 46.1 Å². The van der Waals surface area contributed by atoms with E-state index < -0.39 is 5.82 Å². The zero-order valence-electron chi connectivity index (χ0n) is 12.7. The van der Waals surface area contributed by atoms with Crippen molar-refractivity contribution in [2.24, 2.45) is 10.8 Å². The lowest BCUT2D eigenvalue weighted by molar-refractivity contribution is 0.0702. The average molecular weight is 354 g/mol. The minimum absolute atomic E-state index is 0.166. The summed E-state index contributed by atoms with van der Waals surface area (Å²) in [4.78, 5) is 14.7. The van der Waals surface area contributed by atoms with Crippen LogP contribution in [-0.2, 0) is 0 Å². The number of benzene rings is 1. The molecule has 3 rings (SSSR count). The third kappa shape index (κ3) is 2.63. The maximum absolute atomic E-state index is 14.1. The van der Waals surface area contributed by atoms with Crippen molar-refractivity contribution >= 4 is 21.8 Å².